The first-order valence-electron chi connectivity index (χ1n) is 10.5. The number of carbonyl (C=O) groups excluding carboxylic acids is 2. The first-order valence-corrected chi connectivity index (χ1v) is 10.9. The molecule has 1 aliphatic rings. The largest absolute Gasteiger partial charge is 0.301 e. The van der Waals surface area contributed by atoms with Crippen LogP contribution in [0.2, 0.25) is 5.02 Å². The molecule has 0 saturated carbocycles. The van der Waals surface area contributed by atoms with Crippen LogP contribution in [0.4, 0.5) is 11.4 Å². The van der Waals surface area contributed by atoms with Gasteiger partial charge in [-0.15, -0.1) is 0 Å². The van der Waals surface area contributed by atoms with Crippen LogP contribution in [0.1, 0.15) is 23.6 Å². The van der Waals surface area contributed by atoms with Crippen molar-refractivity contribution in [2.45, 2.75) is 26.8 Å². The lowest BCUT2D eigenvalue weighted by Crippen LogP contribution is -2.61. The van der Waals surface area contributed by atoms with Crippen LogP contribution in [-0.4, -0.2) is 24.4 Å². The molecule has 4 rings (SSSR count). The van der Waals surface area contributed by atoms with E-state index in [1.807, 2.05) is 75.4 Å². The Morgan fingerprint density at radius 1 is 0.906 bits per heavy atom. The zero-order chi connectivity index (χ0) is 22.8. The van der Waals surface area contributed by atoms with Crippen LogP contribution in [0.25, 0.3) is 6.08 Å². The summed E-state index contributed by atoms with van der Waals surface area (Å²) in [4.78, 5) is 30.4. The van der Waals surface area contributed by atoms with E-state index in [0.29, 0.717) is 10.7 Å². The number of amides is 2. The van der Waals surface area contributed by atoms with E-state index in [-0.39, 0.29) is 18.4 Å². The Morgan fingerprint density at radius 3 is 2.22 bits per heavy atom. The fourth-order valence-electron chi connectivity index (χ4n) is 3.99. The van der Waals surface area contributed by atoms with Crippen molar-refractivity contribution in [3.8, 4) is 0 Å². The van der Waals surface area contributed by atoms with Crippen molar-refractivity contribution in [2.24, 2.45) is 0 Å². The predicted octanol–water partition coefficient (Wildman–Crippen LogP) is 5.81. The van der Waals surface area contributed by atoms with Gasteiger partial charge in [-0.2, -0.15) is 0 Å². The highest BCUT2D eigenvalue weighted by molar-refractivity contribution is 6.30. The van der Waals surface area contributed by atoms with E-state index in [1.165, 1.54) is 0 Å². The maximum Gasteiger partial charge on any atom is 0.254 e. The monoisotopic (exact) mass is 444 g/mol. The molecule has 162 valence electrons. The lowest BCUT2D eigenvalue weighted by molar-refractivity contribution is -0.127. The van der Waals surface area contributed by atoms with Gasteiger partial charge in [-0.05, 0) is 79.4 Å². The van der Waals surface area contributed by atoms with Gasteiger partial charge in [0.25, 0.3) is 5.91 Å². The molecule has 32 heavy (non-hydrogen) atoms. The lowest BCUT2D eigenvalue weighted by Gasteiger charge is -2.41. The van der Waals surface area contributed by atoms with E-state index in [2.05, 4.69) is 0 Å². The SMILES string of the molecule is C/C(=C\c1ccccc1)[C@H]1C(=O)N(c2ccc(C)c(C)c2)CC(=O)N1c1ccc(Cl)cc1. The smallest absolute Gasteiger partial charge is 0.254 e. The first-order chi connectivity index (χ1) is 15.3. The predicted molar refractivity (Wildman–Crippen MR) is 131 cm³/mol. The Bertz CT molecular complexity index is 1190. The van der Waals surface area contributed by atoms with Gasteiger partial charge in [-0.25, -0.2) is 0 Å². The van der Waals surface area contributed by atoms with Crippen molar-refractivity contribution in [2.75, 3.05) is 16.3 Å². The van der Waals surface area contributed by atoms with E-state index in [4.69, 9.17) is 11.6 Å². The molecule has 0 aromatic heterocycles. The van der Waals surface area contributed by atoms with Crippen molar-refractivity contribution in [3.05, 3.63) is 100 Å². The molecule has 0 spiro atoms. The third-order valence-electron chi connectivity index (χ3n) is 5.85. The molecule has 0 N–H and O–H groups in total. The van der Waals surface area contributed by atoms with Gasteiger partial charge in [0, 0.05) is 16.4 Å². The van der Waals surface area contributed by atoms with Gasteiger partial charge in [0.15, 0.2) is 0 Å². The third-order valence-corrected chi connectivity index (χ3v) is 6.10. The minimum Gasteiger partial charge on any atom is -0.301 e. The van der Waals surface area contributed by atoms with E-state index in [0.717, 1.165) is 28.0 Å². The Labute approximate surface area is 193 Å². The topological polar surface area (TPSA) is 40.6 Å². The maximum absolute atomic E-state index is 13.8. The van der Waals surface area contributed by atoms with Gasteiger partial charge in [0.1, 0.15) is 12.6 Å². The van der Waals surface area contributed by atoms with Crippen molar-refractivity contribution in [1.82, 2.24) is 0 Å². The second-order valence-corrected chi connectivity index (χ2v) is 8.57. The van der Waals surface area contributed by atoms with E-state index in [9.17, 15) is 9.59 Å². The first kappa shape index (κ1) is 21.8. The Balaban J connectivity index is 1.80. The number of benzene rings is 3. The van der Waals surface area contributed by atoms with E-state index in [1.54, 1.807) is 34.1 Å². The molecule has 3 aromatic rings. The molecule has 1 heterocycles. The van der Waals surface area contributed by atoms with Gasteiger partial charge >= 0.3 is 0 Å². The molecule has 0 radical (unpaired) electrons. The number of hydrogen-bond donors (Lipinski definition) is 0. The molecule has 1 saturated heterocycles. The second kappa shape index (κ2) is 9.01. The molecule has 3 aromatic carbocycles. The minimum absolute atomic E-state index is 0.0148. The third kappa shape index (κ3) is 4.32. The summed E-state index contributed by atoms with van der Waals surface area (Å²) >= 11 is 6.06. The highest BCUT2D eigenvalue weighted by atomic mass is 35.5. The molecule has 2 amide bonds. The number of nitrogens with zero attached hydrogens (tertiary/aromatic N) is 2. The van der Waals surface area contributed by atoms with Crippen LogP contribution in [0, 0.1) is 13.8 Å². The number of anilines is 2. The fourth-order valence-corrected chi connectivity index (χ4v) is 4.11. The highest BCUT2D eigenvalue weighted by Gasteiger charge is 2.41. The summed E-state index contributed by atoms with van der Waals surface area (Å²) in [6.45, 7) is 5.92. The number of aryl methyl sites for hydroxylation is 2. The lowest BCUT2D eigenvalue weighted by atomic mass is 9.98. The van der Waals surface area contributed by atoms with Crippen LogP contribution in [0.15, 0.2) is 78.4 Å². The van der Waals surface area contributed by atoms with Gasteiger partial charge in [0.2, 0.25) is 5.91 Å². The van der Waals surface area contributed by atoms with E-state index < -0.39 is 6.04 Å². The summed E-state index contributed by atoms with van der Waals surface area (Å²) in [5, 5.41) is 0.578. The molecule has 5 heteroatoms. The quantitative estimate of drug-likeness (QED) is 0.509. The van der Waals surface area contributed by atoms with Gasteiger partial charge in [-0.1, -0.05) is 54.1 Å². The Kier molecular flexibility index (Phi) is 6.15. The summed E-state index contributed by atoms with van der Waals surface area (Å²) in [5.41, 5.74) is 5.38. The average molecular weight is 445 g/mol. The zero-order valence-electron chi connectivity index (χ0n) is 18.4. The molecule has 1 fully saturated rings. The second-order valence-electron chi connectivity index (χ2n) is 8.13. The molecule has 0 unspecified atom stereocenters. The highest BCUT2D eigenvalue weighted by Crippen LogP contribution is 2.31. The number of rotatable bonds is 4. The molecule has 0 bridgehead atoms. The number of halogens is 1. The summed E-state index contributed by atoms with van der Waals surface area (Å²) < 4.78 is 0. The number of piperazine rings is 1. The summed E-state index contributed by atoms with van der Waals surface area (Å²) in [6.07, 6.45) is 1.96. The molecular formula is C27H25ClN2O2. The Hall–Kier alpha value is -3.37. The maximum atomic E-state index is 13.8. The minimum atomic E-state index is -0.751. The molecule has 0 aliphatic carbocycles. The van der Waals surface area contributed by atoms with E-state index >= 15 is 0 Å². The number of carbonyl (C=O) groups is 2. The van der Waals surface area contributed by atoms with Crippen molar-refractivity contribution in [3.63, 3.8) is 0 Å². The van der Waals surface area contributed by atoms with Gasteiger partial charge in [0.05, 0.1) is 0 Å². The van der Waals surface area contributed by atoms with Crippen LogP contribution in [0.3, 0.4) is 0 Å². The van der Waals surface area contributed by atoms with Crippen LogP contribution in [0.5, 0.6) is 0 Å². The standard InChI is InChI=1S/C27H25ClN2O2/c1-18-9-12-24(16-19(18)2)29-17-25(31)30(23-13-10-22(28)11-14-23)26(27(29)32)20(3)15-21-7-5-4-6-8-21/h4-16,26H,17H2,1-3H3/b20-15+/t26-/m0/s1. The molecule has 4 nitrogen and oxygen atoms in total. The van der Waals surface area contributed by atoms with Crippen molar-refractivity contribution in [1.29, 1.82) is 0 Å². The summed E-state index contributed by atoms with van der Waals surface area (Å²) in [6, 6.07) is 21.9. The van der Waals surface area contributed by atoms with Crippen LogP contribution < -0.4 is 9.80 Å². The molecule has 1 aliphatic heterocycles. The number of hydrogen-bond acceptors (Lipinski definition) is 2. The van der Waals surface area contributed by atoms with Crippen LogP contribution >= 0.6 is 11.6 Å². The van der Waals surface area contributed by atoms with Gasteiger partial charge in [-0.3, -0.25) is 14.5 Å². The normalized spacial score (nSPS) is 17.1. The van der Waals surface area contributed by atoms with Crippen molar-refractivity contribution >= 4 is 40.9 Å². The molecule has 1 atom stereocenters. The van der Waals surface area contributed by atoms with Gasteiger partial charge < -0.3 is 4.90 Å². The zero-order valence-corrected chi connectivity index (χ0v) is 19.1. The summed E-state index contributed by atoms with van der Waals surface area (Å²) in [5.74, 6) is -0.275. The average Bonchev–Trinajstić information content (AvgIpc) is 2.78. The fraction of sp³-hybridized carbons (Fsp3) is 0.185. The Morgan fingerprint density at radius 2 is 1.56 bits per heavy atom. The van der Waals surface area contributed by atoms with Crippen molar-refractivity contribution < 1.29 is 9.59 Å². The summed E-state index contributed by atoms with van der Waals surface area (Å²) in [7, 11) is 0. The molecular weight excluding hydrogens is 420 g/mol. The van der Waals surface area contributed by atoms with Crippen LogP contribution in [-0.2, 0) is 9.59 Å².